The number of hydrogen-bond acceptors (Lipinski definition) is 4. The number of aromatic nitrogens is 2. The van der Waals surface area contributed by atoms with Gasteiger partial charge in [0.05, 0.1) is 28.1 Å². The van der Waals surface area contributed by atoms with Gasteiger partial charge in [-0.15, -0.1) is 0 Å². The van der Waals surface area contributed by atoms with Gasteiger partial charge < -0.3 is 5.32 Å². The third-order valence-electron chi connectivity index (χ3n) is 4.43. The van der Waals surface area contributed by atoms with E-state index in [1.165, 1.54) is 18.3 Å². The fourth-order valence-electron chi connectivity index (χ4n) is 2.94. The average Bonchev–Trinajstić information content (AvgIpc) is 3.26. The summed E-state index contributed by atoms with van der Waals surface area (Å²) in [5.74, 6) is -0.421. The summed E-state index contributed by atoms with van der Waals surface area (Å²) in [7, 11) is -3.90. The molecular weight excluding hydrogens is 436 g/mol. The lowest BCUT2D eigenvalue weighted by Gasteiger charge is -2.12. The Balaban J connectivity index is 1.57. The maximum Gasteiger partial charge on any atom is 0.274 e. The Morgan fingerprint density at radius 1 is 0.935 bits per heavy atom. The molecule has 0 saturated carbocycles. The summed E-state index contributed by atoms with van der Waals surface area (Å²) in [6, 6.07) is 21.8. The van der Waals surface area contributed by atoms with Crippen LogP contribution in [-0.4, -0.2) is 23.9 Å². The minimum atomic E-state index is -3.90. The second kappa shape index (κ2) is 8.63. The smallest absolute Gasteiger partial charge is 0.274 e. The van der Waals surface area contributed by atoms with Crippen molar-refractivity contribution in [2.75, 3.05) is 10.0 Å². The minimum absolute atomic E-state index is 0.0122. The van der Waals surface area contributed by atoms with Crippen LogP contribution in [0.3, 0.4) is 0 Å². The summed E-state index contributed by atoms with van der Waals surface area (Å²) in [5, 5.41) is 3.01. The number of hydrogen-bond donors (Lipinski definition) is 2. The van der Waals surface area contributed by atoms with Gasteiger partial charge in [-0.2, -0.15) is 0 Å². The lowest BCUT2D eigenvalue weighted by molar-refractivity contribution is 0.102. The van der Waals surface area contributed by atoms with E-state index in [0.29, 0.717) is 11.4 Å². The molecule has 0 saturated heterocycles. The maximum atomic E-state index is 12.8. The van der Waals surface area contributed by atoms with E-state index < -0.39 is 15.9 Å². The first-order valence-corrected chi connectivity index (χ1v) is 11.1. The molecule has 0 fully saturated rings. The Hall–Kier alpha value is -3.62. The topological polar surface area (TPSA) is 93.1 Å². The van der Waals surface area contributed by atoms with Crippen molar-refractivity contribution in [1.29, 1.82) is 0 Å². The molecule has 2 N–H and O–H groups in total. The molecule has 1 aromatic heterocycles. The molecule has 0 spiro atoms. The van der Waals surface area contributed by atoms with Crippen LogP contribution in [0.1, 0.15) is 10.5 Å². The zero-order valence-electron chi connectivity index (χ0n) is 16.1. The molecule has 0 bridgehead atoms. The molecular formula is C22H17ClN4O3S. The number of nitrogens with one attached hydrogen (secondary N) is 2. The van der Waals surface area contributed by atoms with Crippen LogP contribution < -0.4 is 10.0 Å². The highest BCUT2D eigenvalue weighted by atomic mass is 35.5. The molecule has 0 aliphatic rings. The molecule has 9 heteroatoms. The summed E-state index contributed by atoms with van der Waals surface area (Å²) in [6.07, 6.45) is 2.99. The Bertz CT molecular complexity index is 1340. The van der Waals surface area contributed by atoms with Crippen LogP contribution in [-0.2, 0) is 10.0 Å². The van der Waals surface area contributed by atoms with Crippen molar-refractivity contribution in [1.82, 2.24) is 9.55 Å². The monoisotopic (exact) mass is 452 g/mol. The van der Waals surface area contributed by atoms with E-state index in [1.807, 2.05) is 30.3 Å². The predicted octanol–water partition coefficient (Wildman–Crippen LogP) is 4.58. The van der Waals surface area contributed by atoms with E-state index in [0.717, 1.165) is 5.69 Å². The SMILES string of the molecule is O=C(Nc1cccc(S(=O)(=O)Nc2ccccc2Cl)c1)c1cncn1-c1ccccc1. The van der Waals surface area contributed by atoms with Crippen molar-refractivity contribution in [2.45, 2.75) is 4.90 Å². The number of carbonyl (C=O) groups is 1. The number of rotatable bonds is 6. The van der Waals surface area contributed by atoms with Gasteiger partial charge in [-0.3, -0.25) is 14.1 Å². The standard InChI is InChI=1S/C22H17ClN4O3S/c23-19-11-4-5-12-20(19)26-31(29,30)18-10-6-7-16(13-18)25-22(28)21-14-24-15-27(21)17-8-2-1-3-9-17/h1-15,26H,(H,25,28). The van der Waals surface area contributed by atoms with E-state index in [2.05, 4.69) is 15.0 Å². The Kier molecular flexibility index (Phi) is 5.75. The average molecular weight is 453 g/mol. The molecule has 0 atom stereocenters. The third kappa shape index (κ3) is 4.60. The summed E-state index contributed by atoms with van der Waals surface area (Å²) in [4.78, 5) is 16.9. The molecule has 0 radical (unpaired) electrons. The number of imidazole rings is 1. The fraction of sp³-hybridized carbons (Fsp3) is 0. The van der Waals surface area contributed by atoms with Gasteiger partial charge in [-0.25, -0.2) is 13.4 Å². The summed E-state index contributed by atoms with van der Waals surface area (Å²) in [5.41, 5.74) is 1.69. The van der Waals surface area contributed by atoms with Gasteiger partial charge in [0.2, 0.25) is 0 Å². The normalized spacial score (nSPS) is 11.1. The van der Waals surface area contributed by atoms with Crippen LogP contribution in [0.25, 0.3) is 5.69 Å². The molecule has 1 amide bonds. The van der Waals surface area contributed by atoms with Crippen LogP contribution in [0.5, 0.6) is 0 Å². The second-order valence-corrected chi connectivity index (χ2v) is 8.64. The highest BCUT2D eigenvalue weighted by Crippen LogP contribution is 2.25. The van der Waals surface area contributed by atoms with Crippen LogP contribution in [0.2, 0.25) is 5.02 Å². The Morgan fingerprint density at radius 3 is 2.45 bits per heavy atom. The van der Waals surface area contributed by atoms with Crippen molar-refractivity contribution < 1.29 is 13.2 Å². The van der Waals surface area contributed by atoms with Gasteiger partial charge in [0.15, 0.2) is 0 Å². The summed E-state index contributed by atoms with van der Waals surface area (Å²) in [6.45, 7) is 0. The van der Waals surface area contributed by atoms with Crippen molar-refractivity contribution in [3.63, 3.8) is 0 Å². The van der Waals surface area contributed by atoms with Gasteiger partial charge >= 0.3 is 0 Å². The Morgan fingerprint density at radius 2 is 1.68 bits per heavy atom. The molecule has 0 aliphatic carbocycles. The van der Waals surface area contributed by atoms with Crippen LogP contribution >= 0.6 is 11.6 Å². The van der Waals surface area contributed by atoms with Crippen molar-refractivity contribution >= 4 is 38.9 Å². The first kappa shape index (κ1) is 20.6. The van der Waals surface area contributed by atoms with E-state index >= 15 is 0 Å². The van der Waals surface area contributed by atoms with E-state index in [-0.39, 0.29) is 15.6 Å². The molecule has 1 heterocycles. The number of para-hydroxylation sites is 2. The summed E-state index contributed by atoms with van der Waals surface area (Å²) >= 11 is 6.05. The molecule has 156 valence electrons. The van der Waals surface area contributed by atoms with Gasteiger partial charge in [-0.1, -0.05) is 48.0 Å². The molecule has 3 aromatic carbocycles. The number of benzene rings is 3. The Labute approximate surface area is 184 Å². The van der Waals surface area contributed by atoms with Crippen molar-refractivity contribution in [3.8, 4) is 5.69 Å². The first-order valence-electron chi connectivity index (χ1n) is 9.20. The van der Waals surface area contributed by atoms with Gasteiger partial charge in [0.1, 0.15) is 5.69 Å². The van der Waals surface area contributed by atoms with Crippen LogP contribution in [0.15, 0.2) is 96.3 Å². The number of halogens is 1. The zero-order chi connectivity index (χ0) is 21.8. The minimum Gasteiger partial charge on any atom is -0.321 e. The molecule has 4 aromatic rings. The second-order valence-electron chi connectivity index (χ2n) is 6.55. The fourth-order valence-corrected chi connectivity index (χ4v) is 4.31. The van der Waals surface area contributed by atoms with Crippen LogP contribution in [0.4, 0.5) is 11.4 Å². The van der Waals surface area contributed by atoms with E-state index in [9.17, 15) is 13.2 Å². The van der Waals surface area contributed by atoms with Crippen LogP contribution in [0, 0.1) is 0 Å². The highest BCUT2D eigenvalue weighted by Gasteiger charge is 2.18. The number of anilines is 2. The molecule has 0 aliphatic heterocycles. The number of nitrogens with zero attached hydrogens (tertiary/aromatic N) is 2. The van der Waals surface area contributed by atoms with E-state index in [1.54, 1.807) is 47.3 Å². The number of sulfonamides is 1. The predicted molar refractivity (Wildman–Crippen MR) is 120 cm³/mol. The van der Waals surface area contributed by atoms with E-state index in [4.69, 9.17) is 11.6 Å². The van der Waals surface area contributed by atoms with Crippen molar-refractivity contribution in [3.05, 3.63) is 102 Å². The quantitative estimate of drug-likeness (QED) is 0.448. The highest BCUT2D eigenvalue weighted by molar-refractivity contribution is 7.92. The third-order valence-corrected chi connectivity index (χ3v) is 6.12. The van der Waals surface area contributed by atoms with Gasteiger partial charge in [0.25, 0.3) is 15.9 Å². The van der Waals surface area contributed by atoms with Gasteiger partial charge in [0, 0.05) is 11.4 Å². The molecule has 31 heavy (non-hydrogen) atoms. The molecule has 7 nitrogen and oxygen atoms in total. The molecule has 4 rings (SSSR count). The van der Waals surface area contributed by atoms with Gasteiger partial charge in [-0.05, 0) is 42.5 Å². The first-order chi connectivity index (χ1) is 14.9. The molecule has 0 unspecified atom stereocenters. The largest absolute Gasteiger partial charge is 0.321 e. The lowest BCUT2D eigenvalue weighted by Crippen LogP contribution is -2.17. The number of carbonyl (C=O) groups excluding carboxylic acids is 1. The summed E-state index contributed by atoms with van der Waals surface area (Å²) < 4.78 is 29.6. The zero-order valence-corrected chi connectivity index (χ0v) is 17.6. The van der Waals surface area contributed by atoms with Crippen molar-refractivity contribution in [2.24, 2.45) is 0 Å². The number of amides is 1. The maximum absolute atomic E-state index is 12.8. The lowest BCUT2D eigenvalue weighted by atomic mass is 10.3.